The van der Waals surface area contributed by atoms with Crippen LogP contribution in [0.1, 0.15) is 47.3 Å². The number of esters is 1. The maximum Gasteiger partial charge on any atom is 0.511 e. The van der Waals surface area contributed by atoms with E-state index >= 15 is 0 Å². The van der Waals surface area contributed by atoms with Crippen LogP contribution in [0, 0.1) is 0 Å². The number of carbonyl (C=O) groups excluding carboxylic acids is 1. The lowest BCUT2D eigenvalue weighted by Crippen LogP contribution is -2.51. The summed E-state index contributed by atoms with van der Waals surface area (Å²) in [7, 11) is -5.57. The molecule has 0 saturated heterocycles. The zero-order chi connectivity index (χ0) is 22.9. The Morgan fingerprint density at radius 3 is 2.52 bits per heavy atom. The molecule has 0 spiro atoms. The molecule has 0 aliphatic heterocycles. The van der Waals surface area contributed by atoms with Crippen molar-refractivity contribution in [1.82, 2.24) is 4.72 Å². The maximum absolute atomic E-state index is 12.6. The molecule has 0 heterocycles. The molecule has 3 rings (SSSR count). The van der Waals surface area contributed by atoms with E-state index in [1.807, 2.05) is 24.3 Å². The number of fused-ring (bicyclic) bond motifs is 1. The molecule has 1 N–H and O–H groups in total. The molecule has 1 aliphatic carbocycles. The summed E-state index contributed by atoms with van der Waals surface area (Å²) in [6.45, 7) is 1.82. The van der Waals surface area contributed by atoms with Crippen molar-refractivity contribution in [1.29, 1.82) is 0 Å². The first kappa shape index (κ1) is 23.0. The molecule has 0 bridgehead atoms. The van der Waals surface area contributed by atoms with E-state index in [1.54, 1.807) is 12.1 Å². The monoisotopic (exact) mass is 453 g/mol. The van der Waals surface area contributed by atoms with E-state index in [-0.39, 0.29) is 5.56 Å². The number of alkyl halides is 3. The van der Waals surface area contributed by atoms with Gasteiger partial charge in [0.2, 0.25) is 0 Å². The Kier molecular flexibility index (Phi) is 6.29. The lowest BCUT2D eigenvalue weighted by atomic mass is 9.86. The summed E-state index contributed by atoms with van der Waals surface area (Å²) in [4.78, 5) is 12.5. The van der Waals surface area contributed by atoms with Crippen molar-refractivity contribution in [3.05, 3.63) is 76.9 Å². The Labute approximate surface area is 179 Å². The molecular formula is C22H22F3NO4S. The lowest BCUT2D eigenvalue weighted by molar-refractivity contribution is -0.0459. The number of hydrogen-bond donors (Lipinski definition) is 1. The quantitative estimate of drug-likeness (QED) is 0.657. The van der Waals surface area contributed by atoms with Gasteiger partial charge in [-0.25, -0.2) is 13.2 Å². The van der Waals surface area contributed by atoms with E-state index in [9.17, 15) is 26.4 Å². The summed E-state index contributed by atoms with van der Waals surface area (Å²) >= 11 is 0. The van der Waals surface area contributed by atoms with Crippen LogP contribution in [0.5, 0.6) is 0 Å². The molecule has 0 aromatic heterocycles. The Morgan fingerprint density at radius 1 is 1.10 bits per heavy atom. The molecule has 5 nitrogen and oxygen atoms in total. The van der Waals surface area contributed by atoms with Gasteiger partial charge in [0, 0.05) is 0 Å². The highest BCUT2D eigenvalue weighted by atomic mass is 32.2. The molecule has 0 unspecified atom stereocenters. The standard InChI is InChI=1S/C22H22F3NO4S/c1-21(2,26-31(28,29)22(23,24)25)14-30-20(27)17-10-5-9-16(13-17)19-12-6-8-15-7-3-4-11-18(15)19/h3-5,7,9-13,26H,6,8,14H2,1-2H3. The Hall–Kier alpha value is -2.65. The van der Waals surface area contributed by atoms with Crippen LogP contribution < -0.4 is 4.72 Å². The normalized spacial score (nSPS) is 14.5. The van der Waals surface area contributed by atoms with Crippen LogP contribution in [-0.2, 0) is 21.2 Å². The average Bonchev–Trinajstić information content (AvgIpc) is 2.70. The number of carbonyl (C=O) groups is 1. The fourth-order valence-corrected chi connectivity index (χ4v) is 4.25. The lowest BCUT2D eigenvalue weighted by Gasteiger charge is -2.26. The zero-order valence-corrected chi connectivity index (χ0v) is 17.8. The molecule has 0 amide bonds. The van der Waals surface area contributed by atoms with Gasteiger partial charge in [0.25, 0.3) is 0 Å². The molecule has 2 aromatic rings. The Morgan fingerprint density at radius 2 is 1.81 bits per heavy atom. The second kappa shape index (κ2) is 8.47. The van der Waals surface area contributed by atoms with E-state index in [1.165, 1.54) is 30.2 Å². The first-order chi connectivity index (χ1) is 14.4. The fourth-order valence-electron chi connectivity index (χ4n) is 3.35. The number of halogens is 3. The van der Waals surface area contributed by atoms with Crippen molar-refractivity contribution >= 4 is 21.6 Å². The van der Waals surface area contributed by atoms with Gasteiger partial charge in [-0.05, 0) is 61.1 Å². The topological polar surface area (TPSA) is 72.5 Å². The zero-order valence-electron chi connectivity index (χ0n) is 17.0. The smallest absolute Gasteiger partial charge is 0.460 e. The molecule has 0 saturated carbocycles. The minimum absolute atomic E-state index is 0.218. The van der Waals surface area contributed by atoms with E-state index in [4.69, 9.17) is 4.74 Å². The summed E-state index contributed by atoms with van der Waals surface area (Å²) in [5.74, 6) is -0.758. The second-order valence-corrected chi connectivity index (χ2v) is 9.58. The number of sulfonamides is 1. The largest absolute Gasteiger partial charge is 0.511 e. The van der Waals surface area contributed by atoms with Crippen molar-refractivity contribution in [2.24, 2.45) is 0 Å². The molecule has 0 atom stereocenters. The second-order valence-electron chi connectivity index (χ2n) is 7.91. The summed E-state index contributed by atoms with van der Waals surface area (Å²) < 4.78 is 67.0. The number of aryl methyl sites for hydroxylation is 1. The molecular weight excluding hydrogens is 431 g/mol. The fraction of sp³-hybridized carbons (Fsp3) is 0.318. The van der Waals surface area contributed by atoms with Crippen LogP contribution in [0.4, 0.5) is 13.2 Å². The van der Waals surface area contributed by atoms with Crippen LogP contribution in [0.3, 0.4) is 0 Å². The Balaban J connectivity index is 1.74. The van der Waals surface area contributed by atoms with Crippen LogP contribution in [0.2, 0.25) is 0 Å². The highest BCUT2D eigenvalue weighted by Gasteiger charge is 2.48. The van der Waals surface area contributed by atoms with Crippen LogP contribution in [-0.4, -0.2) is 32.0 Å². The van der Waals surface area contributed by atoms with E-state index in [2.05, 4.69) is 12.1 Å². The van der Waals surface area contributed by atoms with Gasteiger partial charge in [0.15, 0.2) is 0 Å². The first-order valence-corrected chi connectivity index (χ1v) is 11.0. The third-order valence-corrected chi connectivity index (χ3v) is 6.19. The number of benzene rings is 2. The number of rotatable bonds is 6. The van der Waals surface area contributed by atoms with Gasteiger partial charge < -0.3 is 4.74 Å². The van der Waals surface area contributed by atoms with Crippen LogP contribution in [0.25, 0.3) is 5.57 Å². The minimum atomic E-state index is -5.57. The molecule has 166 valence electrons. The predicted molar refractivity (Wildman–Crippen MR) is 111 cm³/mol. The van der Waals surface area contributed by atoms with Crippen molar-refractivity contribution in [3.8, 4) is 0 Å². The highest BCUT2D eigenvalue weighted by Crippen LogP contribution is 2.32. The molecule has 9 heteroatoms. The van der Waals surface area contributed by atoms with Gasteiger partial charge in [-0.3, -0.25) is 0 Å². The van der Waals surface area contributed by atoms with Gasteiger partial charge in [0.1, 0.15) is 6.61 Å². The van der Waals surface area contributed by atoms with Crippen molar-refractivity contribution in [3.63, 3.8) is 0 Å². The van der Waals surface area contributed by atoms with Gasteiger partial charge >= 0.3 is 21.5 Å². The predicted octanol–water partition coefficient (Wildman–Crippen LogP) is 4.44. The summed E-state index contributed by atoms with van der Waals surface area (Å²) in [6, 6.07) is 14.8. The number of allylic oxidation sites excluding steroid dienone is 1. The van der Waals surface area contributed by atoms with E-state index < -0.39 is 33.6 Å². The summed E-state index contributed by atoms with van der Waals surface area (Å²) in [5.41, 5.74) is -2.77. The Bertz CT molecular complexity index is 1120. The summed E-state index contributed by atoms with van der Waals surface area (Å²) in [5, 5.41) is 0. The van der Waals surface area contributed by atoms with E-state index in [0.29, 0.717) is 0 Å². The van der Waals surface area contributed by atoms with Gasteiger partial charge in [0.05, 0.1) is 11.1 Å². The number of ether oxygens (including phenoxy) is 1. The highest BCUT2D eigenvalue weighted by molar-refractivity contribution is 7.90. The van der Waals surface area contributed by atoms with Gasteiger partial charge in [-0.2, -0.15) is 17.9 Å². The third kappa shape index (κ3) is 5.34. The van der Waals surface area contributed by atoms with Gasteiger partial charge in [-0.15, -0.1) is 0 Å². The van der Waals surface area contributed by atoms with Crippen LogP contribution >= 0.6 is 0 Å². The summed E-state index contributed by atoms with van der Waals surface area (Å²) in [6.07, 6.45) is 3.90. The van der Waals surface area contributed by atoms with Gasteiger partial charge in [-0.1, -0.05) is 42.5 Å². The number of hydrogen-bond acceptors (Lipinski definition) is 4. The van der Waals surface area contributed by atoms with Crippen molar-refractivity contribution in [2.45, 2.75) is 37.7 Å². The molecule has 2 aromatic carbocycles. The molecule has 0 fully saturated rings. The van der Waals surface area contributed by atoms with Crippen LogP contribution in [0.15, 0.2) is 54.6 Å². The van der Waals surface area contributed by atoms with Crippen molar-refractivity contribution in [2.75, 3.05) is 6.61 Å². The first-order valence-electron chi connectivity index (χ1n) is 9.56. The number of nitrogens with one attached hydrogen (secondary N) is 1. The molecule has 31 heavy (non-hydrogen) atoms. The van der Waals surface area contributed by atoms with Crippen molar-refractivity contribution < 1.29 is 31.1 Å². The average molecular weight is 453 g/mol. The van der Waals surface area contributed by atoms with E-state index in [0.717, 1.165) is 29.5 Å². The SMILES string of the molecule is CC(C)(COC(=O)c1cccc(C2=CCCc3ccccc32)c1)NS(=O)(=O)C(F)(F)F. The maximum atomic E-state index is 12.6. The third-order valence-electron chi connectivity index (χ3n) is 4.76. The minimum Gasteiger partial charge on any atom is -0.460 e. The molecule has 0 radical (unpaired) electrons. The molecule has 1 aliphatic rings.